The predicted octanol–water partition coefficient (Wildman–Crippen LogP) is 9.16. The number of ether oxygens (including phenoxy) is 1. The standard InChI is InChI=1S/C27H35Cl2NO3SSi/c1-15(2)35(16(3)4,17(5)6)34-25-12-18(20-8-7-19(28)13-23(20)29)11-21-22-14-30(27(31)32)10-9-24(22)33-26(21)25/h7-8,11-13,15-17,22,24H,9-10,14H2,1-6H3,(H,31,32). The monoisotopic (exact) mass is 551 g/mol. The molecule has 2 aliphatic rings. The second-order valence-electron chi connectivity index (χ2n) is 10.7. The number of benzene rings is 2. The van der Waals surface area contributed by atoms with Gasteiger partial charge in [0, 0.05) is 51.5 Å². The molecule has 1 amide bonds. The van der Waals surface area contributed by atoms with Crippen molar-refractivity contribution >= 4 is 47.7 Å². The van der Waals surface area contributed by atoms with Crippen molar-refractivity contribution in [1.82, 2.24) is 4.90 Å². The molecular formula is C27H35Cl2NO3SSi. The van der Waals surface area contributed by atoms with Crippen molar-refractivity contribution in [3.8, 4) is 16.9 Å². The van der Waals surface area contributed by atoms with Crippen molar-refractivity contribution in [2.24, 2.45) is 0 Å². The Morgan fingerprint density at radius 2 is 1.74 bits per heavy atom. The molecule has 190 valence electrons. The summed E-state index contributed by atoms with van der Waals surface area (Å²) in [6, 6.07) is 10.0. The van der Waals surface area contributed by atoms with Crippen LogP contribution in [0.2, 0.25) is 26.7 Å². The zero-order valence-corrected chi connectivity index (χ0v) is 24.6. The van der Waals surface area contributed by atoms with Crippen LogP contribution in [-0.4, -0.2) is 42.5 Å². The van der Waals surface area contributed by atoms with Crippen molar-refractivity contribution in [1.29, 1.82) is 0 Å². The Bertz CT molecular complexity index is 1100. The highest BCUT2D eigenvalue weighted by molar-refractivity contribution is 8.29. The van der Waals surface area contributed by atoms with Gasteiger partial charge in [-0.1, -0.05) is 70.8 Å². The number of carboxylic acid groups (broad SMARTS) is 1. The van der Waals surface area contributed by atoms with E-state index >= 15 is 0 Å². The van der Waals surface area contributed by atoms with Crippen LogP contribution in [0.3, 0.4) is 0 Å². The minimum absolute atomic E-state index is 0.00380. The molecule has 4 rings (SSSR count). The van der Waals surface area contributed by atoms with Gasteiger partial charge in [-0.25, -0.2) is 4.79 Å². The number of hydrogen-bond donors (Lipinski definition) is 1. The molecule has 2 unspecified atom stereocenters. The number of carbonyl (C=O) groups is 1. The summed E-state index contributed by atoms with van der Waals surface area (Å²) in [6.45, 7) is 15.2. The molecule has 0 radical (unpaired) electrons. The fourth-order valence-corrected chi connectivity index (χ4v) is 16.0. The van der Waals surface area contributed by atoms with Gasteiger partial charge in [0.2, 0.25) is 0 Å². The van der Waals surface area contributed by atoms with Crippen LogP contribution < -0.4 is 4.74 Å². The first-order chi connectivity index (χ1) is 16.5. The molecule has 35 heavy (non-hydrogen) atoms. The molecule has 0 saturated carbocycles. The van der Waals surface area contributed by atoms with Gasteiger partial charge < -0.3 is 14.7 Å². The number of amides is 1. The van der Waals surface area contributed by atoms with Crippen LogP contribution in [0.5, 0.6) is 5.75 Å². The van der Waals surface area contributed by atoms with E-state index in [0.717, 1.165) is 22.4 Å². The minimum atomic E-state index is -1.86. The highest BCUT2D eigenvalue weighted by Crippen LogP contribution is 2.57. The van der Waals surface area contributed by atoms with Gasteiger partial charge in [-0.15, -0.1) is 11.2 Å². The van der Waals surface area contributed by atoms with Crippen LogP contribution in [0.4, 0.5) is 4.79 Å². The molecule has 8 heteroatoms. The van der Waals surface area contributed by atoms with E-state index in [1.807, 2.05) is 12.1 Å². The molecule has 2 heterocycles. The number of piperidine rings is 1. The molecule has 0 aliphatic carbocycles. The number of fused-ring (bicyclic) bond motifs is 3. The highest BCUT2D eigenvalue weighted by Gasteiger charge is 2.47. The molecule has 0 aromatic heterocycles. The summed E-state index contributed by atoms with van der Waals surface area (Å²) >= 11 is 14.9. The Hall–Kier alpha value is -1.34. The lowest BCUT2D eigenvalue weighted by Crippen LogP contribution is -2.43. The van der Waals surface area contributed by atoms with Crippen molar-refractivity contribution < 1.29 is 14.6 Å². The first-order valence-electron chi connectivity index (χ1n) is 12.4. The van der Waals surface area contributed by atoms with E-state index in [2.05, 4.69) is 64.9 Å². The number of rotatable bonds is 6. The van der Waals surface area contributed by atoms with Crippen molar-refractivity contribution in [3.63, 3.8) is 0 Å². The van der Waals surface area contributed by atoms with Gasteiger partial charge in [-0.05, 0) is 46.5 Å². The molecule has 0 spiro atoms. The molecule has 1 fully saturated rings. The molecule has 4 nitrogen and oxygen atoms in total. The number of nitrogens with zero attached hydrogens (tertiary/aromatic N) is 1. The lowest BCUT2D eigenvalue weighted by atomic mass is 9.88. The minimum Gasteiger partial charge on any atom is -0.488 e. The summed E-state index contributed by atoms with van der Waals surface area (Å²) in [6.07, 6.45) is -0.160. The summed E-state index contributed by atoms with van der Waals surface area (Å²) in [5, 5.41) is 10.9. The van der Waals surface area contributed by atoms with Crippen molar-refractivity contribution in [3.05, 3.63) is 45.9 Å². The summed E-state index contributed by atoms with van der Waals surface area (Å²) in [4.78, 5) is 14.4. The van der Waals surface area contributed by atoms with Gasteiger partial charge in [0.05, 0.1) is 0 Å². The lowest BCUT2D eigenvalue weighted by Gasteiger charge is -2.42. The second-order valence-corrected chi connectivity index (χ2v) is 20.1. The van der Waals surface area contributed by atoms with Crippen molar-refractivity contribution in [2.45, 2.75) is 81.5 Å². The molecule has 2 atom stereocenters. The smallest absolute Gasteiger partial charge is 0.407 e. The third-order valence-corrected chi connectivity index (χ3v) is 20.6. The molecule has 1 saturated heterocycles. The van der Waals surface area contributed by atoms with E-state index in [1.54, 1.807) is 6.07 Å². The topological polar surface area (TPSA) is 49.8 Å². The third kappa shape index (κ3) is 4.84. The van der Waals surface area contributed by atoms with Gasteiger partial charge in [0.25, 0.3) is 0 Å². The molecule has 2 aromatic rings. The molecule has 0 bridgehead atoms. The zero-order valence-electron chi connectivity index (χ0n) is 21.3. The van der Waals surface area contributed by atoms with E-state index in [-0.39, 0.29) is 12.0 Å². The van der Waals surface area contributed by atoms with E-state index in [9.17, 15) is 9.90 Å². The van der Waals surface area contributed by atoms with Crippen LogP contribution in [0.15, 0.2) is 35.2 Å². The molecule has 1 N–H and O–H groups in total. The largest absolute Gasteiger partial charge is 0.488 e. The average molecular weight is 553 g/mol. The third-order valence-electron chi connectivity index (χ3n) is 7.81. The average Bonchev–Trinajstić information content (AvgIpc) is 3.14. The maximum Gasteiger partial charge on any atom is 0.407 e. The van der Waals surface area contributed by atoms with E-state index < -0.39 is 13.3 Å². The van der Waals surface area contributed by atoms with Crippen LogP contribution >= 0.6 is 34.4 Å². The highest BCUT2D eigenvalue weighted by atomic mass is 35.5. The second kappa shape index (κ2) is 10.2. The van der Waals surface area contributed by atoms with E-state index in [1.165, 1.54) is 9.80 Å². The van der Waals surface area contributed by atoms with E-state index in [4.69, 9.17) is 27.9 Å². The summed E-state index contributed by atoms with van der Waals surface area (Å²) in [7, 11) is -1.86. The fourth-order valence-electron chi connectivity index (χ4n) is 6.22. The first-order valence-corrected chi connectivity index (χ1v) is 17.0. The zero-order chi connectivity index (χ0) is 25.7. The molecule has 2 aromatic carbocycles. The quantitative estimate of drug-likeness (QED) is 0.363. The summed E-state index contributed by atoms with van der Waals surface area (Å²) in [5.41, 5.74) is 4.81. The van der Waals surface area contributed by atoms with E-state index in [0.29, 0.717) is 46.2 Å². The Kier molecular flexibility index (Phi) is 7.78. The van der Waals surface area contributed by atoms with Crippen molar-refractivity contribution in [2.75, 3.05) is 13.1 Å². The Morgan fingerprint density at radius 1 is 1.09 bits per heavy atom. The number of likely N-dealkylation sites (tertiary alicyclic amines) is 1. The van der Waals surface area contributed by atoms with Crippen LogP contribution in [0, 0.1) is 0 Å². The number of halogens is 2. The van der Waals surface area contributed by atoms with Crippen LogP contribution in [0.1, 0.15) is 59.4 Å². The van der Waals surface area contributed by atoms with Gasteiger partial charge in [0.1, 0.15) is 19.1 Å². The Morgan fingerprint density at radius 3 is 2.31 bits per heavy atom. The Balaban J connectivity index is 1.89. The first kappa shape index (κ1) is 26.7. The predicted molar refractivity (Wildman–Crippen MR) is 150 cm³/mol. The van der Waals surface area contributed by atoms with Gasteiger partial charge in [-0.3, -0.25) is 0 Å². The van der Waals surface area contributed by atoms with Gasteiger partial charge in [0.15, 0.2) is 0 Å². The summed E-state index contributed by atoms with van der Waals surface area (Å²) < 4.78 is 6.62. The lowest BCUT2D eigenvalue weighted by molar-refractivity contribution is 0.0892. The van der Waals surface area contributed by atoms with Gasteiger partial charge >= 0.3 is 6.09 Å². The number of hydrogen-bond acceptors (Lipinski definition) is 3. The SMILES string of the molecule is CC(C)[Si](Sc1cc(-c2ccc(Cl)cc2Cl)cc2c1OC1CCN(C(=O)O)CC21)(C(C)C)C(C)C. The summed E-state index contributed by atoms with van der Waals surface area (Å²) in [5.74, 6) is 0.971. The fraction of sp³-hybridized carbons (Fsp3) is 0.519. The maximum atomic E-state index is 11.8. The molecular weight excluding hydrogens is 517 g/mol. The molecule has 2 aliphatic heterocycles. The maximum absolute atomic E-state index is 11.8. The van der Waals surface area contributed by atoms with Gasteiger partial charge in [-0.2, -0.15) is 0 Å². The normalized spacial score (nSPS) is 19.8. The van der Waals surface area contributed by atoms with Crippen LogP contribution in [0.25, 0.3) is 11.1 Å². The Labute approximate surface area is 224 Å². The van der Waals surface area contributed by atoms with Crippen LogP contribution in [-0.2, 0) is 0 Å².